The number of carbonyl (C=O) groups is 1. The first-order valence-electron chi connectivity index (χ1n) is 10.6. The van der Waals surface area contributed by atoms with Crippen LogP contribution in [0.15, 0.2) is 36.4 Å². The minimum absolute atomic E-state index is 0.204. The molecule has 2 aromatic rings. The molecule has 6 heteroatoms. The fourth-order valence-corrected chi connectivity index (χ4v) is 3.36. The van der Waals surface area contributed by atoms with Crippen molar-refractivity contribution in [3.63, 3.8) is 0 Å². The number of nitrogens with zero attached hydrogens (tertiary/aromatic N) is 1. The van der Waals surface area contributed by atoms with Crippen LogP contribution in [0, 0.1) is 0 Å². The standard InChI is InChI=1S/C24H33NO5/c1-3-4-5-11-22(28)24-19-10-7-6-9-17(19)16-18(25-24)14-15-21(27)20(26)12-8-13-23(29)30-2/h6-7,9-10,14-16,20-22,26-28H,3-5,8,11-13H2,1-2H3/b15-14+/t20-,21+,22-/m0/s1. The highest BCUT2D eigenvalue weighted by atomic mass is 16.5. The Bertz CT molecular complexity index is 835. The molecular formula is C24H33NO5. The van der Waals surface area contributed by atoms with Crippen molar-refractivity contribution in [1.82, 2.24) is 4.98 Å². The van der Waals surface area contributed by atoms with E-state index in [2.05, 4.69) is 16.6 Å². The highest BCUT2D eigenvalue weighted by Crippen LogP contribution is 2.27. The molecule has 1 heterocycles. The van der Waals surface area contributed by atoms with Gasteiger partial charge in [-0.2, -0.15) is 0 Å². The molecule has 0 aliphatic carbocycles. The smallest absolute Gasteiger partial charge is 0.305 e. The zero-order valence-corrected chi connectivity index (χ0v) is 17.8. The highest BCUT2D eigenvalue weighted by Gasteiger charge is 2.16. The van der Waals surface area contributed by atoms with E-state index in [4.69, 9.17) is 0 Å². The number of hydrogen-bond donors (Lipinski definition) is 3. The summed E-state index contributed by atoms with van der Waals surface area (Å²) in [4.78, 5) is 15.8. The number of aromatic nitrogens is 1. The van der Waals surface area contributed by atoms with Gasteiger partial charge in [0.2, 0.25) is 0 Å². The van der Waals surface area contributed by atoms with Crippen molar-refractivity contribution >= 4 is 22.8 Å². The van der Waals surface area contributed by atoms with E-state index in [-0.39, 0.29) is 18.8 Å². The van der Waals surface area contributed by atoms with E-state index in [0.29, 0.717) is 24.2 Å². The molecule has 0 saturated carbocycles. The minimum Gasteiger partial charge on any atom is -0.469 e. The third kappa shape index (κ3) is 7.20. The topological polar surface area (TPSA) is 99.9 Å². The molecular weight excluding hydrogens is 382 g/mol. The number of pyridine rings is 1. The second-order valence-corrected chi connectivity index (χ2v) is 7.55. The molecule has 30 heavy (non-hydrogen) atoms. The van der Waals surface area contributed by atoms with Crippen molar-refractivity contribution < 1.29 is 24.9 Å². The molecule has 0 aliphatic heterocycles. The van der Waals surface area contributed by atoms with Crippen molar-refractivity contribution in [2.24, 2.45) is 0 Å². The number of hydrogen-bond acceptors (Lipinski definition) is 6. The molecule has 1 aromatic carbocycles. The van der Waals surface area contributed by atoms with E-state index in [1.807, 2.05) is 30.3 Å². The van der Waals surface area contributed by atoms with E-state index >= 15 is 0 Å². The maximum absolute atomic E-state index is 11.1. The molecule has 3 atom stereocenters. The quantitative estimate of drug-likeness (QED) is 0.359. The molecule has 1 aromatic heterocycles. The van der Waals surface area contributed by atoms with Crippen molar-refractivity contribution in [2.75, 3.05) is 7.11 Å². The third-order valence-corrected chi connectivity index (χ3v) is 5.15. The molecule has 164 valence electrons. The SMILES string of the molecule is CCCCC[C@H](O)c1nc(/C=C/[C@@H](O)[C@@H](O)CCCC(=O)OC)cc2ccccc12. The molecule has 0 radical (unpaired) electrons. The normalized spacial score (nSPS) is 14.7. The van der Waals surface area contributed by atoms with Gasteiger partial charge >= 0.3 is 5.97 Å². The maximum Gasteiger partial charge on any atom is 0.305 e. The Labute approximate surface area is 178 Å². The van der Waals surface area contributed by atoms with Crippen LogP contribution in [0.2, 0.25) is 0 Å². The lowest BCUT2D eigenvalue weighted by molar-refractivity contribution is -0.140. The second-order valence-electron chi connectivity index (χ2n) is 7.55. The fraction of sp³-hybridized carbons (Fsp3) is 0.500. The van der Waals surface area contributed by atoms with Gasteiger partial charge in [-0.15, -0.1) is 0 Å². The summed E-state index contributed by atoms with van der Waals surface area (Å²) >= 11 is 0. The molecule has 0 saturated heterocycles. The van der Waals surface area contributed by atoms with Gasteiger partial charge in [0.1, 0.15) is 0 Å². The molecule has 6 nitrogen and oxygen atoms in total. The number of methoxy groups -OCH3 is 1. The van der Waals surface area contributed by atoms with Gasteiger partial charge < -0.3 is 20.1 Å². The van der Waals surface area contributed by atoms with E-state index in [0.717, 1.165) is 30.0 Å². The van der Waals surface area contributed by atoms with Crippen molar-refractivity contribution in [3.8, 4) is 0 Å². The average Bonchev–Trinajstić information content (AvgIpc) is 2.76. The van der Waals surface area contributed by atoms with Crippen LogP contribution in [-0.2, 0) is 9.53 Å². The van der Waals surface area contributed by atoms with Crippen molar-refractivity contribution in [2.45, 2.75) is 70.2 Å². The van der Waals surface area contributed by atoms with Gasteiger partial charge in [0, 0.05) is 11.8 Å². The summed E-state index contributed by atoms with van der Waals surface area (Å²) in [5.41, 5.74) is 1.25. The Hall–Kier alpha value is -2.28. The number of aliphatic hydroxyl groups excluding tert-OH is 3. The number of aliphatic hydroxyl groups is 3. The van der Waals surface area contributed by atoms with E-state index in [9.17, 15) is 20.1 Å². The second kappa shape index (κ2) is 12.4. The van der Waals surface area contributed by atoms with Gasteiger partial charge in [0.25, 0.3) is 0 Å². The molecule has 0 aliphatic rings. The predicted octanol–water partition coefficient (Wildman–Crippen LogP) is 3.93. The highest BCUT2D eigenvalue weighted by molar-refractivity contribution is 5.86. The molecule has 2 rings (SSSR count). The van der Waals surface area contributed by atoms with Crippen LogP contribution in [0.4, 0.5) is 0 Å². The number of ether oxygens (including phenoxy) is 1. The summed E-state index contributed by atoms with van der Waals surface area (Å²) in [7, 11) is 1.32. The summed E-state index contributed by atoms with van der Waals surface area (Å²) in [6.07, 6.45) is 5.10. The third-order valence-electron chi connectivity index (χ3n) is 5.15. The number of rotatable bonds is 12. The van der Waals surface area contributed by atoms with Crippen LogP contribution < -0.4 is 0 Å². The van der Waals surface area contributed by atoms with Gasteiger partial charge in [0.15, 0.2) is 0 Å². The van der Waals surface area contributed by atoms with Crippen LogP contribution >= 0.6 is 0 Å². The first-order chi connectivity index (χ1) is 14.5. The summed E-state index contributed by atoms with van der Waals surface area (Å²) in [5.74, 6) is -0.336. The monoisotopic (exact) mass is 415 g/mol. The Kier molecular flexibility index (Phi) is 9.94. The molecule has 0 bridgehead atoms. The lowest BCUT2D eigenvalue weighted by atomic mass is 10.0. The van der Waals surface area contributed by atoms with Gasteiger partial charge in [-0.3, -0.25) is 9.78 Å². The zero-order valence-electron chi connectivity index (χ0n) is 17.8. The number of fused-ring (bicyclic) bond motifs is 1. The minimum atomic E-state index is -1.08. The van der Waals surface area contributed by atoms with Crippen molar-refractivity contribution in [3.05, 3.63) is 47.8 Å². The Morgan fingerprint density at radius 1 is 1.13 bits per heavy atom. The van der Waals surface area contributed by atoms with Gasteiger partial charge in [0.05, 0.1) is 36.8 Å². The van der Waals surface area contributed by atoms with Crippen LogP contribution in [0.1, 0.15) is 69.4 Å². The first kappa shape index (κ1) is 24.0. The van der Waals surface area contributed by atoms with E-state index in [1.54, 1.807) is 6.08 Å². The summed E-state index contributed by atoms with van der Waals surface area (Å²) in [5, 5.41) is 32.9. The lowest BCUT2D eigenvalue weighted by Gasteiger charge is -2.15. The zero-order chi connectivity index (χ0) is 21.9. The molecule has 3 N–H and O–H groups in total. The predicted molar refractivity (Wildman–Crippen MR) is 118 cm³/mol. The Morgan fingerprint density at radius 2 is 1.90 bits per heavy atom. The summed E-state index contributed by atoms with van der Waals surface area (Å²) in [6.45, 7) is 2.13. The van der Waals surface area contributed by atoms with E-state index < -0.39 is 18.3 Å². The first-order valence-corrected chi connectivity index (χ1v) is 10.6. The summed E-state index contributed by atoms with van der Waals surface area (Å²) in [6, 6.07) is 9.67. The molecule has 0 amide bonds. The Balaban J connectivity index is 2.11. The fourth-order valence-electron chi connectivity index (χ4n) is 3.36. The Morgan fingerprint density at radius 3 is 2.63 bits per heavy atom. The van der Waals surface area contributed by atoms with Crippen molar-refractivity contribution in [1.29, 1.82) is 0 Å². The van der Waals surface area contributed by atoms with Gasteiger partial charge in [-0.1, -0.05) is 56.5 Å². The van der Waals surface area contributed by atoms with Gasteiger partial charge in [-0.25, -0.2) is 0 Å². The van der Waals surface area contributed by atoms with Crippen LogP contribution in [0.25, 0.3) is 16.8 Å². The van der Waals surface area contributed by atoms with Gasteiger partial charge in [-0.05, 0) is 36.8 Å². The maximum atomic E-state index is 11.1. The lowest BCUT2D eigenvalue weighted by Crippen LogP contribution is -2.23. The summed E-state index contributed by atoms with van der Waals surface area (Å²) < 4.78 is 4.57. The average molecular weight is 416 g/mol. The molecule has 0 spiro atoms. The van der Waals surface area contributed by atoms with E-state index in [1.165, 1.54) is 13.2 Å². The number of carbonyl (C=O) groups excluding carboxylic acids is 1. The molecule has 0 unspecified atom stereocenters. The molecule has 0 fully saturated rings. The number of unbranched alkanes of at least 4 members (excludes halogenated alkanes) is 2. The van der Waals surface area contributed by atoms with Crippen LogP contribution in [-0.4, -0.2) is 45.6 Å². The number of esters is 1. The van der Waals surface area contributed by atoms with Crippen LogP contribution in [0.5, 0.6) is 0 Å². The largest absolute Gasteiger partial charge is 0.469 e. The number of benzene rings is 1. The van der Waals surface area contributed by atoms with Crippen LogP contribution in [0.3, 0.4) is 0 Å².